The summed E-state index contributed by atoms with van der Waals surface area (Å²) in [5.41, 5.74) is 0. The molecule has 4 heteroatoms. The van der Waals surface area contributed by atoms with Crippen molar-refractivity contribution in [3.8, 4) is 0 Å². The van der Waals surface area contributed by atoms with E-state index < -0.39 is 5.97 Å². The predicted octanol–water partition coefficient (Wildman–Crippen LogP) is 1.99. The van der Waals surface area contributed by atoms with Gasteiger partial charge in [-0.05, 0) is 25.2 Å². The summed E-state index contributed by atoms with van der Waals surface area (Å²) in [6, 6.07) is 0.233. The summed E-state index contributed by atoms with van der Waals surface area (Å²) < 4.78 is 5.37. The third kappa shape index (κ3) is 3.23. The van der Waals surface area contributed by atoms with Crippen LogP contribution in [0.1, 0.15) is 39.0 Å². The highest BCUT2D eigenvalue weighted by molar-refractivity contribution is 5.71. The lowest BCUT2D eigenvalue weighted by molar-refractivity contribution is -0.147. The van der Waals surface area contributed by atoms with Gasteiger partial charge in [-0.15, -0.1) is 0 Å². The molecule has 3 atom stereocenters. The molecule has 1 saturated heterocycles. The molecule has 18 heavy (non-hydrogen) atoms. The fourth-order valence-corrected chi connectivity index (χ4v) is 3.50. The Hall–Kier alpha value is -0.610. The van der Waals surface area contributed by atoms with E-state index in [0.29, 0.717) is 0 Å². The SMILES string of the molecule is CCCC1CCC(C(=O)O)C(N2CCOCC2)C1. The Morgan fingerprint density at radius 2 is 2.06 bits per heavy atom. The molecular weight excluding hydrogens is 230 g/mol. The molecule has 2 rings (SSSR count). The zero-order valence-corrected chi connectivity index (χ0v) is 11.3. The van der Waals surface area contributed by atoms with Crippen molar-refractivity contribution in [2.45, 2.75) is 45.1 Å². The van der Waals surface area contributed by atoms with Crippen molar-refractivity contribution in [3.05, 3.63) is 0 Å². The summed E-state index contributed by atoms with van der Waals surface area (Å²) in [4.78, 5) is 13.8. The molecule has 3 unspecified atom stereocenters. The van der Waals surface area contributed by atoms with E-state index in [1.807, 2.05) is 0 Å². The summed E-state index contributed by atoms with van der Waals surface area (Å²) in [5, 5.41) is 9.40. The normalized spacial score (nSPS) is 34.4. The van der Waals surface area contributed by atoms with Gasteiger partial charge < -0.3 is 9.84 Å². The molecule has 1 aliphatic heterocycles. The molecule has 0 aromatic rings. The minimum absolute atomic E-state index is 0.170. The number of hydrogen-bond acceptors (Lipinski definition) is 3. The van der Waals surface area contributed by atoms with Gasteiger partial charge in [-0.3, -0.25) is 9.69 Å². The van der Waals surface area contributed by atoms with Gasteiger partial charge in [-0.25, -0.2) is 0 Å². The summed E-state index contributed by atoms with van der Waals surface area (Å²) in [7, 11) is 0. The van der Waals surface area contributed by atoms with Crippen LogP contribution in [0.25, 0.3) is 0 Å². The standard InChI is InChI=1S/C14H25NO3/c1-2-3-11-4-5-12(14(16)17)13(10-11)15-6-8-18-9-7-15/h11-13H,2-10H2,1H3,(H,16,17). The third-order valence-corrected chi connectivity index (χ3v) is 4.45. The largest absolute Gasteiger partial charge is 0.481 e. The van der Waals surface area contributed by atoms with E-state index in [1.165, 1.54) is 12.8 Å². The highest BCUT2D eigenvalue weighted by Gasteiger charge is 2.38. The third-order valence-electron chi connectivity index (χ3n) is 4.45. The smallest absolute Gasteiger partial charge is 0.308 e. The Labute approximate surface area is 109 Å². The van der Waals surface area contributed by atoms with Crippen LogP contribution in [0.3, 0.4) is 0 Å². The Balaban J connectivity index is 2.01. The number of carbonyl (C=O) groups is 1. The molecule has 4 nitrogen and oxygen atoms in total. The fraction of sp³-hybridized carbons (Fsp3) is 0.929. The maximum absolute atomic E-state index is 11.4. The van der Waals surface area contributed by atoms with Crippen molar-refractivity contribution in [1.82, 2.24) is 4.90 Å². The van der Waals surface area contributed by atoms with Gasteiger partial charge in [0.05, 0.1) is 19.1 Å². The molecule has 0 amide bonds. The predicted molar refractivity (Wildman–Crippen MR) is 69.6 cm³/mol. The van der Waals surface area contributed by atoms with Crippen LogP contribution in [-0.2, 0) is 9.53 Å². The van der Waals surface area contributed by atoms with Gasteiger partial charge in [0.2, 0.25) is 0 Å². The van der Waals surface area contributed by atoms with Gasteiger partial charge >= 0.3 is 5.97 Å². The van der Waals surface area contributed by atoms with Crippen LogP contribution in [0, 0.1) is 11.8 Å². The van der Waals surface area contributed by atoms with E-state index in [1.54, 1.807) is 0 Å². The van der Waals surface area contributed by atoms with Crippen LogP contribution in [0.15, 0.2) is 0 Å². The highest BCUT2D eigenvalue weighted by atomic mass is 16.5. The number of rotatable bonds is 4. The van der Waals surface area contributed by atoms with Crippen LogP contribution in [0.5, 0.6) is 0 Å². The lowest BCUT2D eigenvalue weighted by atomic mass is 9.76. The summed E-state index contributed by atoms with van der Waals surface area (Å²) in [6.07, 6.45) is 5.45. The van der Waals surface area contributed by atoms with Gasteiger partial charge in [0.25, 0.3) is 0 Å². The van der Waals surface area contributed by atoms with E-state index in [2.05, 4.69) is 11.8 Å². The van der Waals surface area contributed by atoms with E-state index in [4.69, 9.17) is 4.74 Å². The average Bonchev–Trinajstić information content (AvgIpc) is 2.40. The minimum Gasteiger partial charge on any atom is -0.481 e. The minimum atomic E-state index is -0.610. The molecule has 0 bridgehead atoms. The Morgan fingerprint density at radius 1 is 1.33 bits per heavy atom. The summed E-state index contributed by atoms with van der Waals surface area (Å²) in [6.45, 7) is 5.51. The van der Waals surface area contributed by atoms with Gasteiger partial charge in [0.1, 0.15) is 0 Å². The van der Waals surface area contributed by atoms with Gasteiger partial charge in [0, 0.05) is 19.1 Å². The topological polar surface area (TPSA) is 49.8 Å². The highest BCUT2D eigenvalue weighted by Crippen LogP contribution is 2.35. The number of ether oxygens (including phenoxy) is 1. The van der Waals surface area contributed by atoms with Crippen molar-refractivity contribution in [1.29, 1.82) is 0 Å². The quantitative estimate of drug-likeness (QED) is 0.834. The van der Waals surface area contributed by atoms with Gasteiger partial charge in [0.15, 0.2) is 0 Å². The first-order valence-electron chi connectivity index (χ1n) is 7.27. The maximum Gasteiger partial charge on any atom is 0.308 e. The van der Waals surface area contributed by atoms with Crippen LogP contribution >= 0.6 is 0 Å². The Bertz CT molecular complexity index is 276. The summed E-state index contributed by atoms with van der Waals surface area (Å²) in [5.74, 6) is -0.0592. The van der Waals surface area contributed by atoms with Crippen LogP contribution in [0.2, 0.25) is 0 Å². The number of hydrogen-bond donors (Lipinski definition) is 1. The van der Waals surface area contributed by atoms with Gasteiger partial charge in [-0.2, -0.15) is 0 Å². The number of nitrogens with zero attached hydrogens (tertiary/aromatic N) is 1. The second-order valence-electron chi connectivity index (χ2n) is 5.63. The molecule has 1 heterocycles. The molecule has 1 saturated carbocycles. The van der Waals surface area contributed by atoms with Crippen LogP contribution in [-0.4, -0.2) is 48.3 Å². The number of carboxylic acid groups (broad SMARTS) is 1. The average molecular weight is 255 g/mol. The molecule has 104 valence electrons. The first kappa shape index (κ1) is 13.8. The van der Waals surface area contributed by atoms with E-state index >= 15 is 0 Å². The Morgan fingerprint density at radius 3 is 2.67 bits per heavy atom. The van der Waals surface area contributed by atoms with Crippen molar-refractivity contribution >= 4 is 5.97 Å². The van der Waals surface area contributed by atoms with Crippen molar-refractivity contribution in [3.63, 3.8) is 0 Å². The van der Waals surface area contributed by atoms with Crippen LogP contribution in [0.4, 0.5) is 0 Å². The molecule has 0 spiro atoms. The van der Waals surface area contributed by atoms with Crippen molar-refractivity contribution in [2.75, 3.05) is 26.3 Å². The van der Waals surface area contributed by atoms with E-state index in [0.717, 1.165) is 51.5 Å². The number of carboxylic acids is 1. The number of morpholine rings is 1. The zero-order valence-electron chi connectivity index (χ0n) is 11.3. The summed E-state index contributed by atoms with van der Waals surface area (Å²) >= 11 is 0. The first-order chi connectivity index (χ1) is 8.72. The molecule has 2 fully saturated rings. The molecule has 1 N–H and O–H groups in total. The molecule has 0 aromatic carbocycles. The molecule has 1 aliphatic carbocycles. The lowest BCUT2D eigenvalue weighted by Gasteiger charge is -2.42. The van der Waals surface area contributed by atoms with Crippen LogP contribution < -0.4 is 0 Å². The first-order valence-corrected chi connectivity index (χ1v) is 7.27. The molecule has 2 aliphatic rings. The zero-order chi connectivity index (χ0) is 13.0. The second-order valence-corrected chi connectivity index (χ2v) is 5.63. The fourth-order valence-electron chi connectivity index (χ4n) is 3.50. The van der Waals surface area contributed by atoms with Gasteiger partial charge in [-0.1, -0.05) is 19.8 Å². The monoisotopic (exact) mass is 255 g/mol. The molecule has 0 aromatic heterocycles. The molecular formula is C14H25NO3. The maximum atomic E-state index is 11.4. The second kappa shape index (κ2) is 6.53. The Kier molecular flexibility index (Phi) is 5.01. The van der Waals surface area contributed by atoms with E-state index in [9.17, 15) is 9.90 Å². The van der Waals surface area contributed by atoms with Crippen molar-refractivity contribution < 1.29 is 14.6 Å². The number of aliphatic carboxylic acids is 1. The molecule has 0 radical (unpaired) electrons. The van der Waals surface area contributed by atoms with E-state index in [-0.39, 0.29) is 12.0 Å². The van der Waals surface area contributed by atoms with Crippen molar-refractivity contribution in [2.24, 2.45) is 11.8 Å². The lowest BCUT2D eigenvalue weighted by Crippen LogP contribution is -2.51.